The Labute approximate surface area is 268 Å². The lowest BCUT2D eigenvalue weighted by atomic mass is 10.1. The van der Waals surface area contributed by atoms with Gasteiger partial charge in [-0.2, -0.15) is 0 Å². The van der Waals surface area contributed by atoms with Gasteiger partial charge < -0.3 is 15.0 Å². The van der Waals surface area contributed by atoms with E-state index in [1.165, 1.54) is 36.3 Å². The number of ether oxygens (including phenoxy) is 1. The standard InChI is InChI=1S/C31H36Cl3N3O5S/c1-6-21(4)35-31(39)27(7-2)36(18-22-10-14-25(33)26(34)16-22)30(38)19-37(28-17-23(32)11-15-29(28)42-5)43(40,41)24-12-8-20(3)9-13-24/h8-17,21,27H,6-7,18-19H2,1-5H3,(H,35,39)/t21-,27-/m0/s1. The van der Waals surface area contributed by atoms with Crippen LogP contribution in [0.5, 0.6) is 5.75 Å². The van der Waals surface area contributed by atoms with Crippen LogP contribution in [0, 0.1) is 6.92 Å². The van der Waals surface area contributed by atoms with Crippen molar-refractivity contribution >= 4 is 62.3 Å². The van der Waals surface area contributed by atoms with Crippen molar-refractivity contribution < 1.29 is 22.7 Å². The fourth-order valence-corrected chi connectivity index (χ4v) is 6.31. The Morgan fingerprint density at radius 1 is 0.930 bits per heavy atom. The predicted octanol–water partition coefficient (Wildman–Crippen LogP) is 6.88. The Morgan fingerprint density at radius 2 is 1.60 bits per heavy atom. The Bertz CT molecular complexity index is 1550. The Kier molecular flexibility index (Phi) is 12.2. The molecule has 232 valence electrons. The van der Waals surface area contributed by atoms with Crippen LogP contribution in [-0.4, -0.2) is 50.9 Å². The van der Waals surface area contributed by atoms with Crippen LogP contribution in [0.1, 0.15) is 44.7 Å². The zero-order valence-electron chi connectivity index (χ0n) is 24.7. The molecule has 1 N–H and O–H groups in total. The third-order valence-electron chi connectivity index (χ3n) is 7.02. The molecule has 0 fully saturated rings. The molecule has 0 unspecified atom stereocenters. The molecular weight excluding hydrogens is 633 g/mol. The minimum atomic E-state index is -4.30. The maximum absolute atomic E-state index is 14.3. The largest absolute Gasteiger partial charge is 0.495 e. The fraction of sp³-hybridized carbons (Fsp3) is 0.355. The average molecular weight is 669 g/mol. The van der Waals surface area contributed by atoms with Crippen molar-refractivity contribution in [1.29, 1.82) is 0 Å². The highest BCUT2D eigenvalue weighted by Gasteiger charge is 2.35. The van der Waals surface area contributed by atoms with Gasteiger partial charge in [0.1, 0.15) is 18.3 Å². The topological polar surface area (TPSA) is 96.0 Å². The molecule has 3 rings (SSSR count). The first-order valence-corrected chi connectivity index (χ1v) is 16.4. The summed E-state index contributed by atoms with van der Waals surface area (Å²) >= 11 is 18.7. The molecule has 0 aromatic heterocycles. The number of benzene rings is 3. The second-order valence-corrected chi connectivity index (χ2v) is 13.3. The van der Waals surface area contributed by atoms with Gasteiger partial charge in [0, 0.05) is 17.6 Å². The Morgan fingerprint density at radius 3 is 2.19 bits per heavy atom. The number of aryl methyl sites for hydroxylation is 1. The number of carbonyl (C=O) groups is 2. The molecular formula is C31H36Cl3N3O5S. The number of amides is 2. The molecule has 0 spiro atoms. The number of anilines is 1. The molecule has 0 aliphatic heterocycles. The van der Waals surface area contributed by atoms with Crippen molar-refractivity contribution in [3.05, 3.63) is 86.9 Å². The first-order valence-electron chi connectivity index (χ1n) is 13.8. The van der Waals surface area contributed by atoms with Gasteiger partial charge in [0.2, 0.25) is 11.8 Å². The van der Waals surface area contributed by atoms with Crippen LogP contribution in [0.25, 0.3) is 0 Å². The monoisotopic (exact) mass is 667 g/mol. The molecule has 12 heteroatoms. The molecule has 2 atom stereocenters. The van der Waals surface area contributed by atoms with Crippen molar-refractivity contribution in [1.82, 2.24) is 10.2 Å². The molecule has 0 saturated heterocycles. The van der Waals surface area contributed by atoms with Crippen LogP contribution >= 0.6 is 34.8 Å². The average Bonchev–Trinajstić information content (AvgIpc) is 2.97. The lowest BCUT2D eigenvalue weighted by molar-refractivity contribution is -0.140. The fourth-order valence-electron chi connectivity index (χ4n) is 4.40. The van der Waals surface area contributed by atoms with Crippen molar-refractivity contribution in [2.24, 2.45) is 0 Å². The molecule has 3 aromatic carbocycles. The van der Waals surface area contributed by atoms with Crippen molar-refractivity contribution in [2.45, 2.75) is 64.1 Å². The third-order valence-corrected chi connectivity index (χ3v) is 9.77. The SMILES string of the molecule is CC[C@H](C)NC(=O)[C@H](CC)N(Cc1ccc(Cl)c(Cl)c1)C(=O)CN(c1cc(Cl)ccc1OC)S(=O)(=O)c1ccc(C)cc1. The van der Waals surface area contributed by atoms with Crippen molar-refractivity contribution in [3.63, 3.8) is 0 Å². The molecule has 0 aliphatic rings. The number of nitrogens with zero attached hydrogens (tertiary/aromatic N) is 2. The Balaban J connectivity index is 2.14. The maximum Gasteiger partial charge on any atom is 0.264 e. The van der Waals surface area contributed by atoms with Gasteiger partial charge in [-0.1, -0.05) is 72.4 Å². The maximum atomic E-state index is 14.3. The van der Waals surface area contributed by atoms with Crippen LogP contribution in [0.15, 0.2) is 65.6 Å². The molecule has 0 bridgehead atoms. The van der Waals surface area contributed by atoms with Crippen LogP contribution in [-0.2, 0) is 26.2 Å². The van der Waals surface area contributed by atoms with Gasteiger partial charge in [-0.25, -0.2) is 8.42 Å². The summed E-state index contributed by atoms with van der Waals surface area (Å²) in [4.78, 5) is 29.0. The summed E-state index contributed by atoms with van der Waals surface area (Å²) in [6.07, 6.45) is 0.973. The number of sulfonamides is 1. The van der Waals surface area contributed by atoms with E-state index in [1.807, 2.05) is 20.8 Å². The van der Waals surface area contributed by atoms with E-state index >= 15 is 0 Å². The summed E-state index contributed by atoms with van der Waals surface area (Å²) in [7, 11) is -2.90. The number of hydrogen-bond acceptors (Lipinski definition) is 5. The second kappa shape index (κ2) is 15.1. The summed E-state index contributed by atoms with van der Waals surface area (Å²) in [5.74, 6) is -0.765. The number of nitrogens with one attached hydrogen (secondary N) is 1. The molecule has 2 amide bonds. The zero-order valence-corrected chi connectivity index (χ0v) is 27.8. The summed E-state index contributed by atoms with van der Waals surface area (Å²) < 4.78 is 34.7. The molecule has 3 aromatic rings. The molecule has 43 heavy (non-hydrogen) atoms. The molecule has 0 radical (unpaired) electrons. The summed E-state index contributed by atoms with van der Waals surface area (Å²) in [6, 6.07) is 14.7. The van der Waals surface area contributed by atoms with Gasteiger partial charge in [0.25, 0.3) is 10.0 Å². The first-order chi connectivity index (χ1) is 20.3. The number of halogens is 3. The minimum absolute atomic E-state index is 0.0206. The second-order valence-electron chi connectivity index (χ2n) is 10.2. The van der Waals surface area contributed by atoms with Crippen molar-refractivity contribution in [3.8, 4) is 5.75 Å². The number of rotatable bonds is 13. The molecule has 0 heterocycles. The normalized spacial score (nSPS) is 12.7. The van der Waals surface area contributed by atoms with Gasteiger partial charge in [-0.3, -0.25) is 13.9 Å². The minimum Gasteiger partial charge on any atom is -0.495 e. The van der Waals surface area contributed by atoms with E-state index in [1.54, 1.807) is 43.3 Å². The van der Waals surface area contributed by atoms with E-state index in [4.69, 9.17) is 39.5 Å². The highest BCUT2D eigenvalue weighted by molar-refractivity contribution is 7.92. The van der Waals surface area contributed by atoms with E-state index in [2.05, 4.69) is 5.32 Å². The molecule has 8 nitrogen and oxygen atoms in total. The zero-order chi connectivity index (χ0) is 31.9. The van der Waals surface area contributed by atoms with Crippen LogP contribution in [0.3, 0.4) is 0 Å². The number of hydrogen-bond donors (Lipinski definition) is 1. The van der Waals surface area contributed by atoms with E-state index in [0.717, 1.165) is 9.87 Å². The number of carbonyl (C=O) groups excluding carboxylic acids is 2. The van der Waals surface area contributed by atoms with Gasteiger partial charge >= 0.3 is 0 Å². The van der Waals surface area contributed by atoms with Gasteiger partial charge in [0.15, 0.2) is 0 Å². The lowest BCUT2D eigenvalue weighted by Crippen LogP contribution is -2.53. The van der Waals surface area contributed by atoms with Gasteiger partial charge in [0.05, 0.1) is 27.7 Å². The molecule has 0 aliphatic carbocycles. The summed E-state index contributed by atoms with van der Waals surface area (Å²) in [5.41, 5.74) is 1.56. The number of methoxy groups -OCH3 is 1. The Hall–Kier alpha value is -2.98. The first kappa shape index (κ1) is 34.5. The van der Waals surface area contributed by atoms with Crippen LogP contribution in [0.4, 0.5) is 5.69 Å². The summed E-state index contributed by atoms with van der Waals surface area (Å²) in [6.45, 7) is 6.78. The van der Waals surface area contributed by atoms with E-state index in [-0.39, 0.29) is 51.3 Å². The van der Waals surface area contributed by atoms with E-state index < -0.39 is 28.5 Å². The van der Waals surface area contributed by atoms with Gasteiger partial charge in [-0.15, -0.1) is 0 Å². The van der Waals surface area contributed by atoms with Crippen LogP contribution in [0.2, 0.25) is 15.1 Å². The van der Waals surface area contributed by atoms with Crippen LogP contribution < -0.4 is 14.4 Å². The van der Waals surface area contributed by atoms with Gasteiger partial charge in [-0.05, 0) is 74.7 Å². The highest BCUT2D eigenvalue weighted by atomic mass is 35.5. The smallest absolute Gasteiger partial charge is 0.264 e. The van der Waals surface area contributed by atoms with E-state index in [9.17, 15) is 18.0 Å². The molecule has 0 saturated carbocycles. The summed E-state index contributed by atoms with van der Waals surface area (Å²) in [5, 5.41) is 3.82. The third kappa shape index (κ3) is 8.56. The quantitative estimate of drug-likeness (QED) is 0.214. The predicted molar refractivity (Wildman–Crippen MR) is 173 cm³/mol. The highest BCUT2D eigenvalue weighted by Crippen LogP contribution is 2.35. The van der Waals surface area contributed by atoms with E-state index in [0.29, 0.717) is 17.0 Å². The van der Waals surface area contributed by atoms with Crippen molar-refractivity contribution in [2.75, 3.05) is 18.0 Å². The lowest BCUT2D eigenvalue weighted by Gasteiger charge is -2.34.